The fraction of sp³-hybridized carbons (Fsp3) is 0.375. The third kappa shape index (κ3) is 5.69. The Morgan fingerprint density at radius 2 is 2.10 bits per heavy atom. The summed E-state index contributed by atoms with van der Waals surface area (Å²) in [6.45, 7) is 3.75. The van der Waals surface area contributed by atoms with E-state index in [0.717, 1.165) is 5.56 Å². The van der Waals surface area contributed by atoms with Gasteiger partial charge in [0.15, 0.2) is 0 Å². The van der Waals surface area contributed by atoms with Crippen molar-refractivity contribution < 1.29 is 19.4 Å². The third-order valence-electron chi connectivity index (χ3n) is 3.14. The van der Waals surface area contributed by atoms with Gasteiger partial charge in [-0.3, -0.25) is 9.59 Å². The van der Waals surface area contributed by atoms with Crippen LogP contribution in [0.3, 0.4) is 0 Å². The van der Waals surface area contributed by atoms with Crippen molar-refractivity contribution in [2.24, 2.45) is 11.8 Å². The Kier molecular flexibility index (Phi) is 6.46. The number of rotatable bonds is 7. The Balaban J connectivity index is 2.56. The van der Waals surface area contributed by atoms with Crippen LogP contribution in [0.5, 0.6) is 5.75 Å². The lowest BCUT2D eigenvalue weighted by Crippen LogP contribution is -2.34. The van der Waals surface area contributed by atoms with Crippen LogP contribution >= 0.6 is 0 Å². The van der Waals surface area contributed by atoms with Gasteiger partial charge in [-0.1, -0.05) is 26.0 Å². The zero-order valence-electron chi connectivity index (χ0n) is 12.5. The van der Waals surface area contributed by atoms with E-state index in [-0.39, 0.29) is 18.4 Å². The van der Waals surface area contributed by atoms with Gasteiger partial charge in [0.2, 0.25) is 5.91 Å². The molecular formula is C16H21NO4. The van der Waals surface area contributed by atoms with E-state index in [1.165, 1.54) is 6.08 Å². The highest BCUT2D eigenvalue weighted by atomic mass is 16.5. The highest BCUT2D eigenvalue weighted by molar-refractivity contribution is 5.92. The zero-order valence-corrected chi connectivity index (χ0v) is 12.5. The lowest BCUT2D eigenvalue weighted by Gasteiger charge is -2.15. The average molecular weight is 291 g/mol. The molecule has 0 heterocycles. The number of carbonyl (C=O) groups excluding carboxylic acids is 1. The smallest absolute Gasteiger partial charge is 0.308 e. The summed E-state index contributed by atoms with van der Waals surface area (Å²) in [4.78, 5) is 22.7. The van der Waals surface area contributed by atoms with Crippen molar-refractivity contribution in [1.82, 2.24) is 5.32 Å². The zero-order chi connectivity index (χ0) is 15.8. The van der Waals surface area contributed by atoms with Gasteiger partial charge < -0.3 is 15.2 Å². The summed E-state index contributed by atoms with van der Waals surface area (Å²) in [5, 5.41) is 11.6. The lowest BCUT2D eigenvalue weighted by molar-refractivity contribution is -0.143. The summed E-state index contributed by atoms with van der Waals surface area (Å²) in [5.41, 5.74) is 0.836. The first-order chi connectivity index (χ1) is 9.93. The van der Waals surface area contributed by atoms with Crippen molar-refractivity contribution in [3.05, 3.63) is 35.9 Å². The molecule has 114 valence electrons. The Morgan fingerprint density at radius 3 is 2.67 bits per heavy atom. The second-order valence-electron chi connectivity index (χ2n) is 5.04. The maximum Gasteiger partial charge on any atom is 0.308 e. The number of carboxylic acid groups (broad SMARTS) is 1. The molecule has 0 saturated carbocycles. The van der Waals surface area contributed by atoms with Crippen LogP contribution in [0.25, 0.3) is 6.08 Å². The molecule has 0 spiro atoms. The largest absolute Gasteiger partial charge is 0.497 e. The van der Waals surface area contributed by atoms with E-state index in [0.29, 0.717) is 5.75 Å². The minimum Gasteiger partial charge on any atom is -0.497 e. The van der Waals surface area contributed by atoms with Crippen molar-refractivity contribution in [1.29, 1.82) is 0 Å². The molecule has 1 aromatic carbocycles. The van der Waals surface area contributed by atoms with E-state index in [9.17, 15) is 9.59 Å². The molecule has 0 aliphatic heterocycles. The van der Waals surface area contributed by atoms with Gasteiger partial charge in [0.1, 0.15) is 5.75 Å². The summed E-state index contributed by atoms with van der Waals surface area (Å²) in [6.07, 6.45) is 3.04. The highest BCUT2D eigenvalue weighted by Gasteiger charge is 2.21. The number of ether oxygens (including phenoxy) is 1. The Labute approximate surface area is 124 Å². The molecule has 0 aromatic heterocycles. The first-order valence-electron chi connectivity index (χ1n) is 6.76. The maximum absolute atomic E-state index is 11.7. The number of amides is 1. The molecule has 0 aliphatic rings. The highest BCUT2D eigenvalue weighted by Crippen LogP contribution is 2.13. The number of nitrogens with one attached hydrogen (secondary N) is 1. The van der Waals surface area contributed by atoms with Crippen LogP contribution in [0.1, 0.15) is 19.4 Å². The van der Waals surface area contributed by atoms with Crippen molar-refractivity contribution >= 4 is 18.0 Å². The minimum absolute atomic E-state index is 0.0369. The molecule has 0 fully saturated rings. The SMILES string of the molecule is COc1cccc(C=CC(=O)NCC(C(=O)O)C(C)C)c1. The van der Waals surface area contributed by atoms with Crippen molar-refractivity contribution in [3.63, 3.8) is 0 Å². The predicted molar refractivity (Wildman–Crippen MR) is 81.0 cm³/mol. The summed E-state index contributed by atoms with van der Waals surface area (Å²) in [6, 6.07) is 7.30. The van der Waals surface area contributed by atoms with Gasteiger partial charge in [-0.05, 0) is 29.7 Å². The second kappa shape index (κ2) is 8.09. The fourth-order valence-electron chi connectivity index (χ4n) is 1.79. The van der Waals surface area contributed by atoms with Gasteiger partial charge in [0.05, 0.1) is 13.0 Å². The molecule has 5 heteroatoms. The number of benzene rings is 1. The molecule has 0 aliphatic carbocycles. The molecule has 0 bridgehead atoms. The second-order valence-corrected chi connectivity index (χ2v) is 5.04. The number of carboxylic acids is 1. The molecular weight excluding hydrogens is 270 g/mol. The van der Waals surface area contributed by atoms with Crippen molar-refractivity contribution in [3.8, 4) is 5.75 Å². The molecule has 1 rings (SSSR count). The number of aliphatic carboxylic acids is 1. The topological polar surface area (TPSA) is 75.6 Å². The van der Waals surface area contributed by atoms with Crippen LogP contribution in [-0.4, -0.2) is 30.6 Å². The van der Waals surface area contributed by atoms with Crippen LogP contribution in [0.2, 0.25) is 0 Å². The van der Waals surface area contributed by atoms with Crippen LogP contribution in [0, 0.1) is 11.8 Å². The fourth-order valence-corrected chi connectivity index (χ4v) is 1.79. The summed E-state index contributed by atoms with van der Waals surface area (Å²) in [5.74, 6) is -1.13. The number of hydrogen-bond acceptors (Lipinski definition) is 3. The number of carbonyl (C=O) groups is 2. The molecule has 0 saturated heterocycles. The molecule has 1 aromatic rings. The monoisotopic (exact) mass is 291 g/mol. The molecule has 1 unspecified atom stereocenters. The standard InChI is InChI=1S/C16H21NO4/c1-11(2)14(16(19)20)10-17-15(18)8-7-12-5-4-6-13(9-12)21-3/h4-9,11,14H,10H2,1-3H3,(H,17,18)(H,19,20). The van der Waals surface area contributed by atoms with Gasteiger partial charge >= 0.3 is 5.97 Å². The van der Waals surface area contributed by atoms with E-state index in [1.54, 1.807) is 19.3 Å². The van der Waals surface area contributed by atoms with E-state index < -0.39 is 11.9 Å². The quantitative estimate of drug-likeness (QED) is 0.755. The molecule has 2 N–H and O–H groups in total. The van der Waals surface area contributed by atoms with Crippen LogP contribution in [0.4, 0.5) is 0 Å². The Hall–Kier alpha value is -2.30. The van der Waals surface area contributed by atoms with Gasteiger partial charge in [0.25, 0.3) is 0 Å². The summed E-state index contributed by atoms with van der Waals surface area (Å²) < 4.78 is 5.09. The van der Waals surface area contributed by atoms with Gasteiger partial charge in [-0.2, -0.15) is 0 Å². The molecule has 21 heavy (non-hydrogen) atoms. The van der Waals surface area contributed by atoms with Crippen LogP contribution < -0.4 is 10.1 Å². The average Bonchev–Trinajstić information content (AvgIpc) is 2.44. The lowest BCUT2D eigenvalue weighted by atomic mass is 9.96. The minimum atomic E-state index is -0.901. The molecule has 0 radical (unpaired) electrons. The van der Waals surface area contributed by atoms with Crippen LogP contribution in [-0.2, 0) is 9.59 Å². The first-order valence-corrected chi connectivity index (χ1v) is 6.76. The van der Waals surface area contributed by atoms with E-state index in [1.807, 2.05) is 32.0 Å². The normalized spacial score (nSPS) is 12.4. The van der Waals surface area contributed by atoms with Crippen molar-refractivity contribution in [2.45, 2.75) is 13.8 Å². The number of hydrogen-bond donors (Lipinski definition) is 2. The van der Waals surface area contributed by atoms with E-state index >= 15 is 0 Å². The maximum atomic E-state index is 11.7. The molecule has 5 nitrogen and oxygen atoms in total. The number of methoxy groups -OCH3 is 1. The van der Waals surface area contributed by atoms with Crippen molar-refractivity contribution in [2.75, 3.05) is 13.7 Å². The predicted octanol–water partition coefficient (Wildman–Crippen LogP) is 2.18. The first kappa shape index (κ1) is 16.8. The third-order valence-corrected chi connectivity index (χ3v) is 3.14. The molecule has 1 amide bonds. The summed E-state index contributed by atoms with van der Waals surface area (Å²) >= 11 is 0. The molecule has 1 atom stereocenters. The van der Waals surface area contributed by atoms with E-state index in [4.69, 9.17) is 9.84 Å². The van der Waals surface area contributed by atoms with E-state index in [2.05, 4.69) is 5.32 Å². The van der Waals surface area contributed by atoms with Crippen LogP contribution in [0.15, 0.2) is 30.3 Å². The Bertz CT molecular complexity index is 523. The van der Waals surface area contributed by atoms with Gasteiger partial charge in [-0.25, -0.2) is 0 Å². The summed E-state index contributed by atoms with van der Waals surface area (Å²) in [7, 11) is 1.58. The Morgan fingerprint density at radius 1 is 1.38 bits per heavy atom. The van der Waals surface area contributed by atoms with Gasteiger partial charge in [-0.15, -0.1) is 0 Å². The van der Waals surface area contributed by atoms with Gasteiger partial charge in [0, 0.05) is 12.6 Å².